The Morgan fingerprint density at radius 3 is 1.48 bits per heavy atom. The molecule has 4 heteroatoms. The lowest BCUT2D eigenvalue weighted by Crippen LogP contribution is -2.15. The van der Waals surface area contributed by atoms with Gasteiger partial charge in [-0.05, 0) is 54.6 Å². The summed E-state index contributed by atoms with van der Waals surface area (Å²) in [6.45, 7) is 0. The Bertz CT molecular complexity index is 1000. The van der Waals surface area contributed by atoms with Crippen molar-refractivity contribution in [3.63, 3.8) is 0 Å². The molecule has 0 aliphatic rings. The molecule has 0 amide bonds. The van der Waals surface area contributed by atoms with Crippen molar-refractivity contribution in [2.24, 2.45) is 0 Å². The van der Waals surface area contributed by atoms with Gasteiger partial charge in [-0.3, -0.25) is 0 Å². The van der Waals surface area contributed by atoms with E-state index in [4.69, 9.17) is 4.18 Å². The summed E-state index contributed by atoms with van der Waals surface area (Å²) in [4.78, 5) is 13.7. The lowest BCUT2D eigenvalue weighted by molar-refractivity contribution is 0.503. The molecule has 1 N–H and O–H groups in total. The van der Waals surface area contributed by atoms with Crippen molar-refractivity contribution in [3.8, 4) is 0 Å². The maximum absolute atomic E-state index is 13.8. The molecule has 0 radical (unpaired) electrons. The van der Waals surface area contributed by atoms with Crippen LogP contribution in [0.2, 0.25) is 0 Å². The number of halogens is 1. The molecule has 0 heterocycles. The smallest absolute Gasteiger partial charge is 0.334 e. The van der Waals surface area contributed by atoms with Crippen LogP contribution in [0.3, 0.4) is 0 Å². The van der Waals surface area contributed by atoms with Crippen molar-refractivity contribution < 1.29 is 13.4 Å². The molecular formula is C25H20FO2S+. The average Bonchev–Trinajstić information content (AvgIpc) is 2.79. The summed E-state index contributed by atoms with van der Waals surface area (Å²) in [7, 11) is -2.30. The molecule has 4 rings (SSSR count). The zero-order chi connectivity index (χ0) is 20.1. The Labute approximate surface area is 171 Å². The van der Waals surface area contributed by atoms with E-state index >= 15 is 0 Å². The predicted molar refractivity (Wildman–Crippen MR) is 115 cm³/mol. The topological polar surface area (TPSA) is 30.6 Å². The van der Waals surface area contributed by atoms with Gasteiger partial charge in [-0.2, -0.15) is 0 Å². The van der Waals surface area contributed by atoms with Gasteiger partial charge in [0.25, 0.3) is 0 Å². The summed E-state index contributed by atoms with van der Waals surface area (Å²) in [5, 5.41) is 0. The van der Waals surface area contributed by atoms with Gasteiger partial charge in [-0.25, -0.2) is 8.57 Å². The summed E-state index contributed by atoms with van der Waals surface area (Å²) in [5.41, 5.74) is 0.296. The van der Waals surface area contributed by atoms with Crippen molar-refractivity contribution >= 4 is 16.3 Å². The van der Waals surface area contributed by atoms with Gasteiger partial charge in [0.2, 0.25) is 0 Å². The third kappa shape index (κ3) is 3.80. The number of carbonyl (C=O) groups excluding carboxylic acids is 1. The van der Waals surface area contributed by atoms with E-state index in [1.54, 1.807) is 12.1 Å². The maximum Gasteiger partial charge on any atom is 0.531 e. The van der Waals surface area contributed by atoms with Crippen LogP contribution in [0.25, 0.3) is 0 Å². The molecule has 144 valence electrons. The SMILES string of the molecule is [OH+]=C(OS(c1ccccc1)(c1ccccc1)c1ccccc1)c1cccc(F)c1. The Kier molecular flexibility index (Phi) is 5.45. The second kappa shape index (κ2) is 8.33. The highest BCUT2D eigenvalue weighted by molar-refractivity contribution is 8.30. The van der Waals surface area contributed by atoms with E-state index in [0.717, 1.165) is 14.7 Å². The summed E-state index contributed by atoms with van der Waals surface area (Å²) in [6.07, 6.45) is 0. The maximum atomic E-state index is 13.8. The van der Waals surface area contributed by atoms with Crippen LogP contribution in [0.1, 0.15) is 5.56 Å². The molecule has 0 aromatic heterocycles. The van der Waals surface area contributed by atoms with E-state index in [-0.39, 0.29) is 5.97 Å². The summed E-state index contributed by atoms with van der Waals surface area (Å²) in [6, 6.07) is 35.3. The lowest BCUT2D eigenvalue weighted by atomic mass is 10.2. The van der Waals surface area contributed by atoms with Gasteiger partial charge in [0.15, 0.2) is 0 Å². The van der Waals surface area contributed by atoms with E-state index in [0.29, 0.717) is 5.56 Å². The highest BCUT2D eigenvalue weighted by atomic mass is 32.3. The number of rotatable bonds is 5. The Morgan fingerprint density at radius 2 is 1.07 bits per heavy atom. The highest BCUT2D eigenvalue weighted by Gasteiger charge is 2.42. The van der Waals surface area contributed by atoms with E-state index in [2.05, 4.69) is 0 Å². The molecule has 4 aromatic carbocycles. The molecule has 0 saturated heterocycles. The van der Waals surface area contributed by atoms with Gasteiger partial charge in [-0.1, -0.05) is 60.7 Å². The lowest BCUT2D eigenvalue weighted by Gasteiger charge is -2.33. The molecule has 0 aliphatic carbocycles. The standard InChI is InChI=1S/C25H19FO2S/c26-21-12-10-11-20(19-21)25(27)28-29(22-13-4-1-5-14-22,23-15-6-2-7-16-23)24-17-8-3-9-18-24/h1-19H/p+1. The Morgan fingerprint density at radius 1 is 0.621 bits per heavy atom. The monoisotopic (exact) mass is 403 g/mol. The van der Waals surface area contributed by atoms with Crippen LogP contribution in [0.5, 0.6) is 0 Å². The minimum absolute atomic E-state index is 0.296. The molecular weight excluding hydrogens is 383 g/mol. The molecule has 4 aromatic rings. The van der Waals surface area contributed by atoms with Crippen LogP contribution >= 0.6 is 10.3 Å². The normalized spacial score (nSPS) is 11.6. The molecule has 0 unspecified atom stereocenters. The second-order valence-electron chi connectivity index (χ2n) is 6.39. The minimum atomic E-state index is -2.30. The van der Waals surface area contributed by atoms with Gasteiger partial charge >= 0.3 is 5.97 Å². The fraction of sp³-hybridized carbons (Fsp3) is 0. The van der Waals surface area contributed by atoms with Gasteiger partial charge in [-0.15, -0.1) is 0 Å². The summed E-state index contributed by atoms with van der Waals surface area (Å²) in [5.74, 6) is -0.742. The fourth-order valence-electron chi connectivity index (χ4n) is 3.18. The van der Waals surface area contributed by atoms with Gasteiger partial charge in [0.1, 0.15) is 11.4 Å². The zero-order valence-electron chi connectivity index (χ0n) is 15.6. The van der Waals surface area contributed by atoms with Crippen LogP contribution < -0.4 is 0 Å². The van der Waals surface area contributed by atoms with E-state index in [1.807, 2.05) is 91.0 Å². The highest BCUT2D eigenvalue weighted by Crippen LogP contribution is 2.69. The molecule has 0 saturated carbocycles. The van der Waals surface area contributed by atoms with Gasteiger partial charge < -0.3 is 4.79 Å². The largest absolute Gasteiger partial charge is 0.531 e. The first-order valence-corrected chi connectivity index (χ1v) is 10.8. The van der Waals surface area contributed by atoms with Crippen LogP contribution in [-0.2, 0) is 4.18 Å². The Hall–Kier alpha value is -3.37. The Balaban J connectivity index is 1.94. The van der Waals surface area contributed by atoms with Crippen LogP contribution in [-0.4, -0.2) is 10.8 Å². The first kappa shape index (κ1) is 19.0. The molecule has 2 nitrogen and oxygen atoms in total. The third-order valence-electron chi connectivity index (χ3n) is 4.50. The number of benzene rings is 4. The minimum Gasteiger partial charge on any atom is -0.334 e. The van der Waals surface area contributed by atoms with E-state index in [1.165, 1.54) is 12.1 Å². The van der Waals surface area contributed by atoms with E-state index < -0.39 is 16.1 Å². The van der Waals surface area contributed by atoms with Crippen LogP contribution in [0.4, 0.5) is 4.39 Å². The van der Waals surface area contributed by atoms with Crippen molar-refractivity contribution in [1.82, 2.24) is 0 Å². The van der Waals surface area contributed by atoms with E-state index in [9.17, 15) is 9.18 Å². The molecule has 0 aliphatic heterocycles. The zero-order valence-corrected chi connectivity index (χ0v) is 16.4. The molecule has 29 heavy (non-hydrogen) atoms. The first-order valence-electron chi connectivity index (χ1n) is 9.20. The van der Waals surface area contributed by atoms with Gasteiger partial charge in [0.05, 0.1) is 25.0 Å². The summed E-state index contributed by atoms with van der Waals surface area (Å²) >= 11 is 0. The van der Waals surface area contributed by atoms with Crippen molar-refractivity contribution in [1.29, 1.82) is 0 Å². The molecule has 0 atom stereocenters. The fourth-order valence-corrected chi connectivity index (χ4v) is 6.24. The quantitative estimate of drug-likeness (QED) is 0.346. The predicted octanol–water partition coefficient (Wildman–Crippen LogP) is 6.59. The first-order chi connectivity index (χ1) is 14.2. The summed E-state index contributed by atoms with van der Waals surface area (Å²) < 4.78 is 20.2. The number of hydrogen-bond acceptors (Lipinski definition) is 1. The third-order valence-corrected chi connectivity index (χ3v) is 7.72. The average molecular weight is 403 g/mol. The van der Waals surface area contributed by atoms with Crippen molar-refractivity contribution in [3.05, 3.63) is 127 Å². The van der Waals surface area contributed by atoms with Gasteiger partial charge in [0, 0.05) is 0 Å². The number of hydrogen-bond donors (Lipinski definition) is 0. The second-order valence-corrected chi connectivity index (χ2v) is 9.09. The van der Waals surface area contributed by atoms with Crippen LogP contribution in [0, 0.1) is 5.82 Å². The molecule has 0 fully saturated rings. The molecule has 0 bridgehead atoms. The molecule has 0 spiro atoms. The van der Waals surface area contributed by atoms with Crippen LogP contribution in [0.15, 0.2) is 130 Å². The van der Waals surface area contributed by atoms with Crippen molar-refractivity contribution in [2.75, 3.05) is 0 Å². The van der Waals surface area contributed by atoms with Crippen molar-refractivity contribution in [2.45, 2.75) is 14.7 Å².